The van der Waals surface area contributed by atoms with Gasteiger partial charge in [-0.2, -0.15) is 0 Å². The Hall–Kier alpha value is -2.94. The summed E-state index contributed by atoms with van der Waals surface area (Å²) >= 11 is 0. The number of halogens is 1. The summed E-state index contributed by atoms with van der Waals surface area (Å²) in [5, 5.41) is 2.82. The van der Waals surface area contributed by atoms with Crippen molar-refractivity contribution >= 4 is 27.5 Å². The predicted octanol–water partition coefficient (Wildman–Crippen LogP) is 3.54. The minimum atomic E-state index is -3.80. The zero-order valence-corrected chi connectivity index (χ0v) is 21.3. The van der Waals surface area contributed by atoms with Gasteiger partial charge in [0.1, 0.15) is 18.4 Å². The van der Waals surface area contributed by atoms with Crippen molar-refractivity contribution in [2.75, 3.05) is 23.7 Å². The van der Waals surface area contributed by atoms with Crippen LogP contribution in [0.5, 0.6) is 0 Å². The van der Waals surface area contributed by atoms with E-state index in [1.54, 1.807) is 45.0 Å². The zero-order chi connectivity index (χ0) is 25.5. The van der Waals surface area contributed by atoms with E-state index in [2.05, 4.69) is 5.32 Å². The fourth-order valence-corrected chi connectivity index (χ4v) is 4.81. The lowest BCUT2D eigenvalue weighted by Crippen LogP contribution is -2.52. The molecule has 0 saturated heterocycles. The lowest BCUT2D eigenvalue weighted by molar-refractivity contribution is -0.140. The number of nitrogens with zero attached hydrogens (tertiary/aromatic N) is 2. The van der Waals surface area contributed by atoms with Crippen LogP contribution in [0.2, 0.25) is 0 Å². The Morgan fingerprint density at radius 3 is 2.12 bits per heavy atom. The Morgan fingerprint density at radius 2 is 1.62 bits per heavy atom. The molecule has 7 nitrogen and oxygen atoms in total. The van der Waals surface area contributed by atoms with E-state index in [0.717, 1.165) is 28.1 Å². The van der Waals surface area contributed by atoms with Crippen molar-refractivity contribution in [1.82, 2.24) is 10.2 Å². The molecule has 2 rings (SSSR count). The summed E-state index contributed by atoms with van der Waals surface area (Å²) in [6.45, 7) is 7.34. The largest absolute Gasteiger partial charge is 0.354 e. The highest BCUT2D eigenvalue weighted by Gasteiger charge is 2.32. The number of hydrogen-bond acceptors (Lipinski definition) is 4. The molecule has 1 unspecified atom stereocenters. The number of benzene rings is 2. The average molecular weight is 492 g/mol. The molecule has 1 N–H and O–H groups in total. The highest BCUT2D eigenvalue weighted by Crippen LogP contribution is 2.27. The maximum absolute atomic E-state index is 13.6. The van der Waals surface area contributed by atoms with Crippen LogP contribution in [-0.2, 0) is 26.2 Å². The monoisotopic (exact) mass is 491 g/mol. The first-order valence-corrected chi connectivity index (χ1v) is 13.2. The number of para-hydroxylation sites is 1. The van der Waals surface area contributed by atoms with Crippen molar-refractivity contribution in [1.29, 1.82) is 0 Å². The molecule has 0 fully saturated rings. The van der Waals surface area contributed by atoms with Crippen LogP contribution in [0.4, 0.5) is 10.1 Å². The van der Waals surface area contributed by atoms with Crippen LogP contribution >= 0.6 is 0 Å². The molecule has 0 bridgehead atoms. The number of sulfonamides is 1. The van der Waals surface area contributed by atoms with Gasteiger partial charge in [-0.05, 0) is 55.5 Å². The summed E-state index contributed by atoms with van der Waals surface area (Å²) in [7, 11) is -3.80. The van der Waals surface area contributed by atoms with Crippen LogP contribution in [0.15, 0.2) is 42.5 Å². The summed E-state index contributed by atoms with van der Waals surface area (Å²) < 4.78 is 40.0. The molecule has 34 heavy (non-hydrogen) atoms. The van der Waals surface area contributed by atoms with Crippen LogP contribution in [0.1, 0.15) is 43.4 Å². The Kier molecular flexibility index (Phi) is 9.61. The number of carbonyl (C=O) groups is 2. The fourth-order valence-electron chi connectivity index (χ4n) is 3.85. The van der Waals surface area contributed by atoms with Crippen LogP contribution in [0, 0.1) is 19.7 Å². The molecule has 0 aromatic heterocycles. The molecule has 2 aromatic carbocycles. The Labute approximate surface area is 202 Å². The Morgan fingerprint density at radius 1 is 1.03 bits per heavy atom. The van der Waals surface area contributed by atoms with E-state index < -0.39 is 34.3 Å². The van der Waals surface area contributed by atoms with E-state index in [0.29, 0.717) is 24.2 Å². The molecule has 0 aliphatic heterocycles. The summed E-state index contributed by atoms with van der Waals surface area (Å²) in [5.41, 5.74) is 2.52. The molecule has 0 radical (unpaired) electrons. The number of hydrogen-bond donors (Lipinski definition) is 1. The Bertz CT molecular complexity index is 1080. The molecule has 186 valence electrons. The van der Waals surface area contributed by atoms with Gasteiger partial charge in [-0.3, -0.25) is 13.9 Å². The number of amides is 2. The third kappa shape index (κ3) is 7.03. The first kappa shape index (κ1) is 27.3. The minimum Gasteiger partial charge on any atom is -0.354 e. The zero-order valence-electron chi connectivity index (χ0n) is 20.5. The molecular formula is C25H34FN3O4S. The van der Waals surface area contributed by atoms with Crippen LogP contribution in [0.25, 0.3) is 0 Å². The number of rotatable bonds is 11. The highest BCUT2D eigenvalue weighted by molar-refractivity contribution is 7.92. The summed E-state index contributed by atoms with van der Waals surface area (Å²) in [4.78, 5) is 27.9. The number of carbonyl (C=O) groups excluding carboxylic acids is 2. The predicted molar refractivity (Wildman–Crippen MR) is 132 cm³/mol. The normalized spacial score (nSPS) is 12.2. The standard InChI is InChI=1S/C25H34FN3O4S/c1-6-15-27-25(31)22(7-2)28(16-20-11-13-21(26)14-12-20)23(30)17-29(34(5,32)33)24-18(3)9-8-10-19(24)4/h8-14,22H,6-7,15-17H2,1-5H3,(H,27,31). The summed E-state index contributed by atoms with van der Waals surface area (Å²) in [5.74, 6) is -1.23. The fraction of sp³-hybridized carbons (Fsp3) is 0.440. The molecule has 0 heterocycles. The number of anilines is 1. The van der Waals surface area contributed by atoms with Gasteiger partial charge in [0.2, 0.25) is 21.8 Å². The van der Waals surface area contributed by atoms with E-state index in [1.807, 2.05) is 13.0 Å². The first-order valence-electron chi connectivity index (χ1n) is 11.3. The van der Waals surface area contributed by atoms with Gasteiger partial charge in [-0.1, -0.05) is 44.2 Å². The molecule has 0 spiro atoms. The first-order chi connectivity index (χ1) is 16.0. The van der Waals surface area contributed by atoms with Gasteiger partial charge in [0.25, 0.3) is 0 Å². The lowest BCUT2D eigenvalue weighted by atomic mass is 10.1. The third-order valence-electron chi connectivity index (χ3n) is 5.57. The van der Waals surface area contributed by atoms with Gasteiger partial charge >= 0.3 is 0 Å². The maximum Gasteiger partial charge on any atom is 0.244 e. The lowest BCUT2D eigenvalue weighted by Gasteiger charge is -2.33. The molecule has 2 aromatic rings. The molecule has 9 heteroatoms. The topological polar surface area (TPSA) is 86.8 Å². The third-order valence-corrected chi connectivity index (χ3v) is 6.68. The maximum atomic E-state index is 13.6. The molecule has 1 atom stereocenters. The van der Waals surface area contributed by atoms with E-state index in [-0.39, 0.29) is 12.5 Å². The van der Waals surface area contributed by atoms with Crippen molar-refractivity contribution in [2.24, 2.45) is 0 Å². The van der Waals surface area contributed by atoms with E-state index >= 15 is 0 Å². The van der Waals surface area contributed by atoms with E-state index in [9.17, 15) is 22.4 Å². The molecule has 0 saturated carbocycles. The van der Waals surface area contributed by atoms with Gasteiger partial charge in [0.15, 0.2) is 0 Å². The second-order valence-electron chi connectivity index (χ2n) is 8.37. The smallest absolute Gasteiger partial charge is 0.244 e. The molecule has 2 amide bonds. The second kappa shape index (κ2) is 12.0. The van der Waals surface area contributed by atoms with Crippen molar-refractivity contribution in [3.63, 3.8) is 0 Å². The Balaban J connectivity index is 2.47. The van der Waals surface area contributed by atoms with Crippen molar-refractivity contribution in [2.45, 2.75) is 53.1 Å². The summed E-state index contributed by atoms with van der Waals surface area (Å²) in [6.07, 6.45) is 2.13. The van der Waals surface area contributed by atoms with Gasteiger partial charge in [0, 0.05) is 13.1 Å². The van der Waals surface area contributed by atoms with Gasteiger partial charge in [0.05, 0.1) is 11.9 Å². The van der Waals surface area contributed by atoms with Gasteiger partial charge in [-0.25, -0.2) is 12.8 Å². The molecule has 0 aliphatic carbocycles. The van der Waals surface area contributed by atoms with Crippen LogP contribution in [0.3, 0.4) is 0 Å². The highest BCUT2D eigenvalue weighted by atomic mass is 32.2. The number of aryl methyl sites for hydroxylation is 2. The van der Waals surface area contributed by atoms with Gasteiger partial charge in [-0.15, -0.1) is 0 Å². The second-order valence-corrected chi connectivity index (χ2v) is 10.3. The molecular weight excluding hydrogens is 457 g/mol. The van der Waals surface area contributed by atoms with Crippen molar-refractivity contribution in [3.05, 3.63) is 65.0 Å². The quantitative estimate of drug-likeness (QED) is 0.521. The van der Waals surface area contributed by atoms with E-state index in [4.69, 9.17) is 0 Å². The van der Waals surface area contributed by atoms with Crippen LogP contribution in [-0.4, -0.2) is 50.5 Å². The van der Waals surface area contributed by atoms with Crippen molar-refractivity contribution in [3.8, 4) is 0 Å². The summed E-state index contributed by atoms with van der Waals surface area (Å²) in [6, 6.07) is 10.3. The van der Waals surface area contributed by atoms with Gasteiger partial charge < -0.3 is 10.2 Å². The number of nitrogens with one attached hydrogen (secondary N) is 1. The van der Waals surface area contributed by atoms with Crippen LogP contribution < -0.4 is 9.62 Å². The minimum absolute atomic E-state index is 0.0432. The SMILES string of the molecule is CCCNC(=O)C(CC)N(Cc1ccc(F)cc1)C(=O)CN(c1c(C)cccc1C)S(C)(=O)=O. The molecule has 0 aliphatic rings. The average Bonchev–Trinajstić information content (AvgIpc) is 2.77. The van der Waals surface area contributed by atoms with E-state index in [1.165, 1.54) is 17.0 Å². The van der Waals surface area contributed by atoms with Crippen molar-refractivity contribution < 1.29 is 22.4 Å².